The van der Waals surface area contributed by atoms with Crippen LogP contribution in [0.15, 0.2) is 36.4 Å². The Kier molecular flexibility index (Phi) is 1.95. The van der Waals surface area contributed by atoms with Crippen molar-refractivity contribution in [1.29, 1.82) is 0 Å². The first kappa shape index (κ1) is 9.90. The molecule has 0 amide bonds. The normalized spacial score (nSPS) is 11.1. The summed E-state index contributed by atoms with van der Waals surface area (Å²) in [4.78, 5) is 4.47. The van der Waals surface area contributed by atoms with Crippen LogP contribution in [0.2, 0.25) is 0 Å². The average molecular weight is 225 g/mol. The van der Waals surface area contributed by atoms with Crippen molar-refractivity contribution < 1.29 is 10.2 Å². The smallest absolute Gasteiger partial charge is 0.161 e. The standard InChI is InChI=1S/C14H11NO2/c1-8-10-6-9-4-2-3-5-11(9)15-12(10)7-13(16)14(8)17/h2-7,16-17H,1H3. The van der Waals surface area contributed by atoms with E-state index in [1.54, 1.807) is 6.92 Å². The zero-order valence-corrected chi connectivity index (χ0v) is 9.31. The minimum absolute atomic E-state index is 0.0745. The van der Waals surface area contributed by atoms with Crippen molar-refractivity contribution in [2.45, 2.75) is 6.92 Å². The molecule has 0 aliphatic carbocycles. The van der Waals surface area contributed by atoms with Crippen LogP contribution in [0.25, 0.3) is 21.8 Å². The molecule has 17 heavy (non-hydrogen) atoms. The molecule has 3 nitrogen and oxygen atoms in total. The molecule has 0 aliphatic heterocycles. The molecule has 0 unspecified atom stereocenters. The van der Waals surface area contributed by atoms with Crippen molar-refractivity contribution in [2.24, 2.45) is 0 Å². The maximum absolute atomic E-state index is 9.70. The third-order valence-corrected chi connectivity index (χ3v) is 3.03. The first-order valence-corrected chi connectivity index (χ1v) is 5.38. The molecular weight excluding hydrogens is 214 g/mol. The SMILES string of the molecule is Cc1c(O)c(O)cc2nc3ccccc3cc12. The fourth-order valence-corrected chi connectivity index (χ4v) is 2.06. The van der Waals surface area contributed by atoms with Crippen LogP contribution >= 0.6 is 0 Å². The van der Waals surface area contributed by atoms with E-state index < -0.39 is 0 Å². The quantitative estimate of drug-likeness (QED) is 0.456. The van der Waals surface area contributed by atoms with Crippen molar-refractivity contribution in [3.63, 3.8) is 0 Å². The highest BCUT2D eigenvalue weighted by molar-refractivity contribution is 5.96. The Balaban J connectivity index is 2.52. The number of hydrogen-bond acceptors (Lipinski definition) is 3. The predicted octanol–water partition coefficient (Wildman–Crippen LogP) is 3.11. The zero-order chi connectivity index (χ0) is 12.0. The van der Waals surface area contributed by atoms with Crippen LogP contribution in [0.4, 0.5) is 0 Å². The second-order valence-corrected chi connectivity index (χ2v) is 4.12. The summed E-state index contributed by atoms with van der Waals surface area (Å²) >= 11 is 0. The van der Waals surface area contributed by atoms with Gasteiger partial charge < -0.3 is 10.2 Å². The van der Waals surface area contributed by atoms with E-state index in [0.717, 1.165) is 16.3 Å². The van der Waals surface area contributed by atoms with Gasteiger partial charge in [0, 0.05) is 22.4 Å². The van der Waals surface area contributed by atoms with Gasteiger partial charge in [0.2, 0.25) is 0 Å². The molecule has 0 saturated carbocycles. The fraction of sp³-hybridized carbons (Fsp3) is 0.0714. The highest BCUT2D eigenvalue weighted by Crippen LogP contribution is 2.35. The molecule has 0 saturated heterocycles. The van der Waals surface area contributed by atoms with Crippen molar-refractivity contribution in [1.82, 2.24) is 4.98 Å². The molecule has 0 spiro atoms. The number of fused-ring (bicyclic) bond motifs is 2. The highest BCUT2D eigenvalue weighted by Gasteiger charge is 2.10. The lowest BCUT2D eigenvalue weighted by Gasteiger charge is -2.07. The van der Waals surface area contributed by atoms with Gasteiger partial charge in [0.15, 0.2) is 11.5 Å². The number of rotatable bonds is 0. The van der Waals surface area contributed by atoms with Gasteiger partial charge in [-0.1, -0.05) is 18.2 Å². The summed E-state index contributed by atoms with van der Waals surface area (Å²) in [5.41, 5.74) is 2.22. The first-order chi connectivity index (χ1) is 8.16. The second-order valence-electron chi connectivity index (χ2n) is 4.12. The maximum atomic E-state index is 9.70. The van der Waals surface area contributed by atoms with E-state index in [2.05, 4.69) is 4.98 Å². The van der Waals surface area contributed by atoms with E-state index in [-0.39, 0.29) is 11.5 Å². The van der Waals surface area contributed by atoms with Gasteiger partial charge in [0.1, 0.15) is 0 Å². The number of hydrogen-bond donors (Lipinski definition) is 2. The topological polar surface area (TPSA) is 53.4 Å². The van der Waals surface area contributed by atoms with Crippen LogP contribution in [-0.2, 0) is 0 Å². The Hall–Kier alpha value is -2.29. The Morgan fingerprint density at radius 3 is 2.59 bits per heavy atom. The Morgan fingerprint density at radius 2 is 1.76 bits per heavy atom. The molecule has 2 N–H and O–H groups in total. The van der Waals surface area contributed by atoms with Crippen molar-refractivity contribution in [3.05, 3.63) is 42.0 Å². The van der Waals surface area contributed by atoms with Crippen molar-refractivity contribution >= 4 is 21.8 Å². The fourth-order valence-electron chi connectivity index (χ4n) is 2.06. The number of nitrogens with zero attached hydrogens (tertiary/aromatic N) is 1. The molecule has 0 radical (unpaired) electrons. The molecule has 1 aromatic heterocycles. The number of para-hydroxylation sites is 1. The molecule has 0 fully saturated rings. The summed E-state index contributed by atoms with van der Waals surface area (Å²) < 4.78 is 0. The molecule has 0 atom stereocenters. The lowest BCUT2D eigenvalue weighted by Crippen LogP contribution is -1.86. The van der Waals surface area contributed by atoms with Gasteiger partial charge in [-0.25, -0.2) is 4.98 Å². The summed E-state index contributed by atoms with van der Waals surface area (Å²) in [5.74, 6) is -0.202. The highest BCUT2D eigenvalue weighted by atomic mass is 16.3. The molecular formula is C14H11NO2. The predicted molar refractivity (Wildman–Crippen MR) is 67.3 cm³/mol. The molecule has 2 aromatic carbocycles. The summed E-state index contributed by atoms with van der Waals surface area (Å²) in [6.07, 6.45) is 0. The summed E-state index contributed by atoms with van der Waals surface area (Å²) in [7, 11) is 0. The third-order valence-electron chi connectivity index (χ3n) is 3.03. The lowest BCUT2D eigenvalue weighted by molar-refractivity contribution is 0.402. The number of aromatic nitrogens is 1. The molecule has 3 aromatic rings. The van der Waals surface area contributed by atoms with Crippen LogP contribution in [-0.4, -0.2) is 15.2 Å². The van der Waals surface area contributed by atoms with E-state index in [1.807, 2.05) is 30.3 Å². The lowest BCUT2D eigenvalue weighted by atomic mass is 10.1. The zero-order valence-electron chi connectivity index (χ0n) is 9.31. The van der Waals surface area contributed by atoms with Gasteiger partial charge in [-0.2, -0.15) is 0 Å². The Labute approximate surface area is 98.0 Å². The van der Waals surface area contributed by atoms with Crippen LogP contribution < -0.4 is 0 Å². The second kappa shape index (κ2) is 3.35. The van der Waals surface area contributed by atoms with Gasteiger partial charge in [0.25, 0.3) is 0 Å². The molecule has 3 rings (SSSR count). The molecule has 84 valence electrons. The number of phenols is 2. The summed E-state index contributed by atoms with van der Waals surface area (Å²) in [6.45, 7) is 1.77. The van der Waals surface area contributed by atoms with E-state index in [9.17, 15) is 10.2 Å². The van der Waals surface area contributed by atoms with Crippen LogP contribution in [0.1, 0.15) is 5.56 Å². The molecule has 0 bridgehead atoms. The largest absolute Gasteiger partial charge is 0.504 e. The summed E-state index contributed by atoms with van der Waals surface area (Å²) in [5, 5.41) is 21.2. The van der Waals surface area contributed by atoms with E-state index in [4.69, 9.17) is 0 Å². The summed E-state index contributed by atoms with van der Waals surface area (Å²) in [6, 6.07) is 11.2. The van der Waals surface area contributed by atoms with Gasteiger partial charge in [-0.15, -0.1) is 0 Å². The average Bonchev–Trinajstić information content (AvgIpc) is 2.34. The van der Waals surface area contributed by atoms with E-state index in [0.29, 0.717) is 11.1 Å². The monoisotopic (exact) mass is 225 g/mol. The van der Waals surface area contributed by atoms with Gasteiger partial charge in [0.05, 0.1) is 11.0 Å². The number of aryl methyl sites for hydroxylation is 1. The maximum Gasteiger partial charge on any atom is 0.161 e. The molecule has 1 heterocycles. The van der Waals surface area contributed by atoms with E-state index in [1.165, 1.54) is 6.07 Å². The van der Waals surface area contributed by atoms with Crippen LogP contribution in [0.5, 0.6) is 11.5 Å². The Morgan fingerprint density at radius 1 is 1.00 bits per heavy atom. The van der Waals surface area contributed by atoms with Crippen LogP contribution in [0.3, 0.4) is 0 Å². The number of benzene rings is 2. The van der Waals surface area contributed by atoms with Crippen molar-refractivity contribution in [3.8, 4) is 11.5 Å². The third kappa shape index (κ3) is 1.40. The van der Waals surface area contributed by atoms with Crippen molar-refractivity contribution in [2.75, 3.05) is 0 Å². The Bertz CT molecular complexity index is 735. The van der Waals surface area contributed by atoms with Gasteiger partial charge in [-0.05, 0) is 19.1 Å². The number of pyridine rings is 1. The minimum Gasteiger partial charge on any atom is -0.504 e. The van der Waals surface area contributed by atoms with Gasteiger partial charge >= 0.3 is 0 Å². The van der Waals surface area contributed by atoms with Gasteiger partial charge in [-0.3, -0.25) is 0 Å². The van der Waals surface area contributed by atoms with E-state index >= 15 is 0 Å². The van der Waals surface area contributed by atoms with Crippen LogP contribution in [0, 0.1) is 6.92 Å². The number of phenolic OH excluding ortho intramolecular Hbond substituents is 2. The number of aromatic hydroxyl groups is 2. The minimum atomic E-state index is -0.127. The molecule has 3 heteroatoms. The first-order valence-electron chi connectivity index (χ1n) is 5.38. The molecule has 0 aliphatic rings.